The highest BCUT2D eigenvalue weighted by atomic mass is 79.9. The van der Waals surface area contributed by atoms with E-state index in [1.165, 1.54) is 0 Å². The number of ether oxygens (including phenoxy) is 2. The van der Waals surface area contributed by atoms with Gasteiger partial charge in [0.15, 0.2) is 11.5 Å². The van der Waals surface area contributed by atoms with Gasteiger partial charge in [0.25, 0.3) is 0 Å². The summed E-state index contributed by atoms with van der Waals surface area (Å²) >= 11 is 3.46. The summed E-state index contributed by atoms with van der Waals surface area (Å²) in [4.78, 5) is 23.4. The number of nitrogens with one attached hydrogen (secondary N) is 1. The quantitative estimate of drug-likeness (QED) is 0.795. The molecule has 6 nitrogen and oxygen atoms in total. The molecule has 1 aliphatic heterocycles. The number of halogens is 1. The SMILES string of the molecule is CC(NC(=O)C1(C(=O)O)CC1)c1cc2c(cc1Br)OCCO2. The third-order valence-electron chi connectivity index (χ3n) is 4.07. The second-order valence-electron chi connectivity index (χ2n) is 5.60. The molecule has 1 aromatic rings. The number of rotatable bonds is 4. The number of fused-ring (bicyclic) bond motifs is 1. The molecule has 1 fully saturated rings. The first-order valence-corrected chi connectivity index (χ1v) is 7.87. The van der Waals surface area contributed by atoms with Crippen molar-refractivity contribution in [2.75, 3.05) is 13.2 Å². The van der Waals surface area contributed by atoms with Gasteiger partial charge in [0.05, 0.1) is 6.04 Å². The number of benzene rings is 1. The molecule has 0 spiro atoms. The minimum absolute atomic E-state index is 0.338. The largest absolute Gasteiger partial charge is 0.486 e. The Bertz CT molecular complexity index is 641. The van der Waals surface area contributed by atoms with Gasteiger partial charge < -0.3 is 19.9 Å². The molecule has 2 N–H and O–H groups in total. The molecule has 1 aromatic carbocycles. The Labute approximate surface area is 135 Å². The standard InChI is InChI=1S/C15H16BrNO5/c1-8(17-13(18)15(2-3-15)14(19)20)9-6-11-12(7-10(9)16)22-5-4-21-11/h6-8H,2-5H2,1H3,(H,17,18)(H,19,20). The Morgan fingerprint density at radius 2 is 1.86 bits per heavy atom. The Balaban J connectivity index is 1.79. The summed E-state index contributed by atoms with van der Waals surface area (Å²) in [7, 11) is 0. The summed E-state index contributed by atoms with van der Waals surface area (Å²) < 4.78 is 11.8. The highest BCUT2D eigenvalue weighted by molar-refractivity contribution is 9.10. The molecule has 3 rings (SSSR count). The van der Waals surface area contributed by atoms with E-state index < -0.39 is 17.3 Å². The van der Waals surface area contributed by atoms with Gasteiger partial charge in [0, 0.05) is 4.47 Å². The van der Waals surface area contributed by atoms with Crippen LogP contribution in [0.25, 0.3) is 0 Å². The Morgan fingerprint density at radius 1 is 1.27 bits per heavy atom. The van der Waals surface area contributed by atoms with E-state index in [1.54, 1.807) is 6.07 Å². The van der Waals surface area contributed by atoms with Gasteiger partial charge in [0.1, 0.15) is 18.6 Å². The van der Waals surface area contributed by atoms with Crippen LogP contribution in [0.2, 0.25) is 0 Å². The molecule has 0 saturated heterocycles. The molecule has 1 unspecified atom stereocenters. The van der Waals surface area contributed by atoms with E-state index in [0.717, 1.165) is 10.0 Å². The lowest BCUT2D eigenvalue weighted by molar-refractivity contribution is -0.149. The summed E-state index contributed by atoms with van der Waals surface area (Å²) in [5, 5.41) is 11.9. The van der Waals surface area contributed by atoms with Crippen molar-refractivity contribution in [3.05, 3.63) is 22.2 Å². The molecule has 22 heavy (non-hydrogen) atoms. The minimum atomic E-state index is -1.24. The average Bonchev–Trinajstić information content (AvgIpc) is 3.28. The van der Waals surface area contributed by atoms with Crippen molar-refractivity contribution in [1.82, 2.24) is 5.32 Å². The summed E-state index contributed by atoms with van der Waals surface area (Å²) in [6, 6.07) is 3.27. The maximum atomic E-state index is 12.2. The number of amides is 1. The zero-order valence-electron chi connectivity index (χ0n) is 12.0. The van der Waals surface area contributed by atoms with Crippen LogP contribution >= 0.6 is 15.9 Å². The predicted octanol–water partition coefficient (Wildman–Crippen LogP) is 2.26. The fraction of sp³-hybridized carbons (Fsp3) is 0.467. The monoisotopic (exact) mass is 369 g/mol. The third-order valence-corrected chi connectivity index (χ3v) is 4.76. The Kier molecular flexibility index (Phi) is 3.76. The first-order valence-electron chi connectivity index (χ1n) is 7.07. The van der Waals surface area contributed by atoms with E-state index in [4.69, 9.17) is 14.6 Å². The number of carboxylic acids is 1. The molecule has 1 atom stereocenters. The van der Waals surface area contributed by atoms with Gasteiger partial charge in [-0.3, -0.25) is 9.59 Å². The van der Waals surface area contributed by atoms with Crippen LogP contribution in [0.1, 0.15) is 31.4 Å². The summed E-state index contributed by atoms with van der Waals surface area (Å²) in [6.07, 6.45) is 0.784. The number of hydrogen-bond acceptors (Lipinski definition) is 4. The highest BCUT2D eigenvalue weighted by Gasteiger charge is 2.57. The number of carbonyl (C=O) groups is 2. The van der Waals surface area contributed by atoms with E-state index in [9.17, 15) is 9.59 Å². The maximum Gasteiger partial charge on any atom is 0.319 e. The van der Waals surface area contributed by atoms with Gasteiger partial charge in [-0.25, -0.2) is 0 Å². The maximum absolute atomic E-state index is 12.2. The van der Waals surface area contributed by atoms with Gasteiger partial charge >= 0.3 is 5.97 Å². The topological polar surface area (TPSA) is 84.9 Å². The zero-order valence-corrected chi connectivity index (χ0v) is 13.6. The van der Waals surface area contributed by atoms with Crippen LogP contribution in [0.15, 0.2) is 16.6 Å². The first-order chi connectivity index (χ1) is 10.4. The van der Waals surface area contributed by atoms with E-state index in [2.05, 4.69) is 21.2 Å². The molecule has 7 heteroatoms. The van der Waals surface area contributed by atoms with Crippen LogP contribution in [0, 0.1) is 5.41 Å². The van der Waals surface area contributed by atoms with Crippen molar-refractivity contribution in [3.63, 3.8) is 0 Å². The molecule has 1 saturated carbocycles. The van der Waals surface area contributed by atoms with E-state index in [-0.39, 0.29) is 6.04 Å². The number of carboxylic acid groups (broad SMARTS) is 1. The third kappa shape index (κ3) is 2.54. The van der Waals surface area contributed by atoms with Crippen LogP contribution in [-0.4, -0.2) is 30.2 Å². The van der Waals surface area contributed by atoms with Crippen molar-refractivity contribution in [3.8, 4) is 11.5 Å². The van der Waals surface area contributed by atoms with E-state index >= 15 is 0 Å². The fourth-order valence-corrected chi connectivity index (χ4v) is 3.15. The summed E-state index contributed by atoms with van der Waals surface area (Å²) in [6.45, 7) is 2.80. The lowest BCUT2D eigenvalue weighted by Crippen LogP contribution is -2.38. The molecule has 0 bridgehead atoms. The van der Waals surface area contributed by atoms with E-state index in [0.29, 0.717) is 37.6 Å². The Hall–Kier alpha value is -1.76. The molecule has 1 heterocycles. The lowest BCUT2D eigenvalue weighted by atomic mass is 10.0. The van der Waals surface area contributed by atoms with Crippen LogP contribution < -0.4 is 14.8 Å². The first kappa shape index (κ1) is 15.1. The predicted molar refractivity (Wildman–Crippen MR) is 81.0 cm³/mol. The summed E-state index contributed by atoms with van der Waals surface area (Å²) in [5.41, 5.74) is -0.423. The van der Waals surface area contributed by atoms with Gasteiger partial charge in [-0.15, -0.1) is 0 Å². The van der Waals surface area contributed by atoms with Crippen molar-refractivity contribution < 1.29 is 24.2 Å². The van der Waals surface area contributed by atoms with Gasteiger partial charge in [-0.1, -0.05) is 15.9 Å². The lowest BCUT2D eigenvalue weighted by Gasteiger charge is -2.23. The van der Waals surface area contributed by atoms with Crippen LogP contribution in [-0.2, 0) is 9.59 Å². The minimum Gasteiger partial charge on any atom is -0.486 e. The smallest absolute Gasteiger partial charge is 0.319 e. The molecule has 2 aliphatic rings. The molecule has 1 amide bonds. The normalized spacial score (nSPS) is 19.2. The van der Waals surface area contributed by atoms with Crippen LogP contribution in [0.3, 0.4) is 0 Å². The summed E-state index contributed by atoms with van der Waals surface area (Å²) in [5.74, 6) is -0.206. The van der Waals surface area contributed by atoms with Gasteiger partial charge in [-0.05, 0) is 37.5 Å². The fourth-order valence-electron chi connectivity index (χ4n) is 2.49. The molecule has 118 valence electrons. The van der Waals surface area contributed by atoms with Crippen LogP contribution in [0.4, 0.5) is 0 Å². The zero-order chi connectivity index (χ0) is 15.9. The number of hydrogen-bond donors (Lipinski definition) is 2. The second kappa shape index (κ2) is 5.46. The van der Waals surface area contributed by atoms with E-state index in [1.807, 2.05) is 13.0 Å². The Morgan fingerprint density at radius 3 is 2.41 bits per heavy atom. The van der Waals surface area contributed by atoms with Gasteiger partial charge in [0.2, 0.25) is 5.91 Å². The molecular formula is C15H16BrNO5. The average molecular weight is 370 g/mol. The van der Waals surface area contributed by atoms with Crippen molar-refractivity contribution in [2.24, 2.45) is 5.41 Å². The van der Waals surface area contributed by atoms with Crippen molar-refractivity contribution >= 4 is 27.8 Å². The highest BCUT2D eigenvalue weighted by Crippen LogP contribution is 2.46. The van der Waals surface area contributed by atoms with Gasteiger partial charge in [-0.2, -0.15) is 0 Å². The molecule has 0 radical (unpaired) electrons. The number of carbonyl (C=O) groups excluding carboxylic acids is 1. The molecule has 0 aromatic heterocycles. The number of aliphatic carboxylic acids is 1. The van der Waals surface area contributed by atoms with Crippen molar-refractivity contribution in [2.45, 2.75) is 25.8 Å². The second-order valence-corrected chi connectivity index (χ2v) is 6.45. The molecular weight excluding hydrogens is 354 g/mol. The van der Waals surface area contributed by atoms with Crippen LogP contribution in [0.5, 0.6) is 11.5 Å². The molecule has 1 aliphatic carbocycles. The van der Waals surface area contributed by atoms with Crippen molar-refractivity contribution in [1.29, 1.82) is 0 Å².